The summed E-state index contributed by atoms with van der Waals surface area (Å²) in [6.45, 7) is 26.4. The average Bonchev–Trinajstić information content (AvgIpc) is 1.52. The number of hydrogen-bond acceptors (Lipinski definition) is 12. The number of carbonyl (C=O) groups excluding carboxylic acids is 4. The molecule has 16 heteroatoms. The molecule has 8 aromatic heterocycles. The Bertz CT molecular complexity index is 6570. The summed E-state index contributed by atoms with van der Waals surface area (Å²) in [5.74, 6) is -5.31. The highest BCUT2D eigenvalue weighted by Crippen LogP contribution is 2.50. The lowest BCUT2D eigenvalue weighted by atomic mass is 9.78. The molecule has 16 aromatic rings. The Morgan fingerprint density at radius 2 is 0.527 bits per heavy atom. The van der Waals surface area contributed by atoms with Crippen LogP contribution < -0.4 is 20.4 Å². The van der Waals surface area contributed by atoms with E-state index < -0.39 is 23.9 Å². The van der Waals surface area contributed by atoms with Gasteiger partial charge in [0.25, 0.3) is 0 Å². The normalized spacial score (nSPS) is 12.9. The van der Waals surface area contributed by atoms with Crippen molar-refractivity contribution in [3.63, 3.8) is 0 Å². The van der Waals surface area contributed by atoms with E-state index in [0.29, 0.717) is 144 Å². The Hall–Kier alpha value is -13.6. The van der Waals surface area contributed by atoms with Gasteiger partial charge in [-0.2, -0.15) is 0 Å². The predicted molar refractivity (Wildman–Crippen MR) is 442 cm³/mol. The summed E-state index contributed by atoms with van der Waals surface area (Å²) in [6.07, 6.45) is 8.02. The van der Waals surface area contributed by atoms with Crippen LogP contribution in [0.2, 0.25) is 0 Å². The van der Waals surface area contributed by atoms with Gasteiger partial charge in [-0.15, -0.1) is 0 Å². The molecule has 0 aliphatic carbocycles. The van der Waals surface area contributed by atoms with Gasteiger partial charge in [0, 0.05) is 98.8 Å². The lowest BCUT2D eigenvalue weighted by Crippen LogP contribution is -2.21. The number of rotatable bonds is 10. The van der Waals surface area contributed by atoms with E-state index in [1.54, 1.807) is 48.5 Å². The van der Waals surface area contributed by atoms with Crippen molar-refractivity contribution in [1.82, 2.24) is 39.9 Å². The van der Waals surface area contributed by atoms with E-state index >= 15 is 0 Å². The van der Waals surface area contributed by atoms with Crippen LogP contribution in [-0.2, 0) is 21.7 Å². The SMILES string of the molecule is CC(C)(C)c1cc(-c2c3nc(c(-c4ccc(C(=O)[O-])cc4)c4cc5c6cc7[nH]c6c6c8nc(cc8c8cc(nc8c6c5[nH]4)c(-c4ccc(C(=O)[O-])cc4)c4ccc2[nH]4)c(-c2ccc(C(=O)[O-])cc2)c2ccc([nH]2)c(-c2cc(C(C)(C)C)cc(C(C)(C)C)c2)c2nc(c7-c4ccc(C(=O)[O-])cc4)C=C2)C=C3)cc(C(C)(C)C)c1. The molecule has 8 aromatic carbocycles. The Labute approximate surface area is 643 Å². The number of benzene rings is 8. The fourth-order valence-corrected chi connectivity index (χ4v) is 16.3. The molecule has 0 atom stereocenters. The lowest BCUT2D eigenvalue weighted by Gasteiger charge is -2.26. The predicted octanol–water partition coefficient (Wildman–Crippen LogP) is 18.3. The third kappa shape index (κ3) is 11.7. The number of aromatic amines is 4. The Morgan fingerprint density at radius 3 is 0.795 bits per heavy atom. The minimum Gasteiger partial charge on any atom is -0.545 e. The number of hydrogen-bond donors (Lipinski definition) is 4. The molecule has 112 heavy (non-hydrogen) atoms. The minimum absolute atomic E-state index is 0.00881. The number of nitrogens with zero attached hydrogens (tertiary/aromatic N) is 4. The maximum Gasteiger partial charge on any atom is 0.0818 e. The van der Waals surface area contributed by atoms with Crippen molar-refractivity contribution in [2.45, 2.75) is 105 Å². The fourth-order valence-electron chi connectivity index (χ4n) is 16.3. The molecule has 2 aliphatic rings. The Balaban J connectivity index is 1.10. The number of carboxylic acid groups (broad SMARTS) is 4. The topological polar surface area (TPSA) is 275 Å². The van der Waals surface area contributed by atoms with Crippen LogP contribution in [0.15, 0.2) is 182 Å². The number of fused-ring (bicyclic) bond motifs is 14. The highest BCUT2D eigenvalue weighted by molar-refractivity contribution is 6.40. The van der Waals surface area contributed by atoms with Crippen molar-refractivity contribution in [3.05, 3.63) is 249 Å². The highest BCUT2D eigenvalue weighted by Gasteiger charge is 2.30. The van der Waals surface area contributed by atoms with Gasteiger partial charge in [0.1, 0.15) is 0 Å². The molecule has 0 radical (unpaired) electrons. The summed E-state index contributed by atoms with van der Waals surface area (Å²) in [5.41, 5.74) is 21.8. The molecule has 0 unspecified atom stereocenters. The maximum atomic E-state index is 12.6. The maximum absolute atomic E-state index is 12.6. The number of H-pyrrole nitrogens is 4. The third-order valence-electron chi connectivity index (χ3n) is 22.3. The largest absolute Gasteiger partial charge is 0.545 e. The molecule has 16 bridgehead atoms. The highest BCUT2D eigenvalue weighted by atomic mass is 16.4. The average molecular weight is 1470 g/mol. The first-order chi connectivity index (χ1) is 53.3. The van der Waals surface area contributed by atoms with E-state index in [4.69, 9.17) is 19.9 Å². The Kier molecular flexibility index (Phi) is 15.6. The van der Waals surface area contributed by atoms with Crippen molar-refractivity contribution in [2.75, 3.05) is 0 Å². The van der Waals surface area contributed by atoms with Crippen LogP contribution >= 0.6 is 0 Å². The zero-order chi connectivity index (χ0) is 78.3. The molecule has 2 aliphatic heterocycles. The van der Waals surface area contributed by atoms with E-state index in [0.717, 1.165) is 66.3 Å². The van der Waals surface area contributed by atoms with Gasteiger partial charge in [-0.3, -0.25) is 0 Å². The van der Waals surface area contributed by atoms with Crippen LogP contribution in [0.25, 0.3) is 190 Å². The van der Waals surface area contributed by atoms with Crippen LogP contribution in [0.4, 0.5) is 0 Å². The minimum atomic E-state index is -1.33. The van der Waals surface area contributed by atoms with Crippen molar-refractivity contribution in [2.24, 2.45) is 0 Å². The summed E-state index contributed by atoms with van der Waals surface area (Å²) in [4.78, 5) is 89.5. The second-order valence-corrected chi connectivity index (χ2v) is 33.8. The standard InChI is InChI=1S/C96H78N8O8/c1-93(2,3)57-37-55(38-58(41-57)94(4,5)6)81-69-33-29-65(97-69)77(47-13-21-51(22-14-47)89(105)106)73-43-61-63-45-75-79(49-17-25-53(26-18-49)91(109)110)67-31-35-71(99-67)82(56-39-59(95(7,8)9)42-60(40-56)96(10,11)12)72-36-32-68(100-72)80(50-19-27-54(28-20-50)92(111)112)76-46-64-62-44-74(102-86(62)83(85(61)101-73)84(87(63)103-75)88(64)104-76)78(66-30-34-70(81)98-66)48-15-23-52(24-16-48)90(107)108/h13-46,97,99,102,104H,1-12H3,(H,105,106)(H,107,108)(H,109,110)(H,111,112)/p-4. The van der Waals surface area contributed by atoms with Gasteiger partial charge < -0.3 is 59.5 Å². The number of nitrogens with one attached hydrogen (secondary N) is 4. The quantitative estimate of drug-likeness (QED) is 0.0995. The first kappa shape index (κ1) is 70.1. The van der Waals surface area contributed by atoms with E-state index in [1.807, 2.05) is 48.6 Å². The molecular weight excluding hydrogens is 1390 g/mol. The monoisotopic (exact) mass is 1470 g/mol. The summed E-state index contributed by atoms with van der Waals surface area (Å²) in [5, 5.41) is 54.8. The molecule has 10 heterocycles. The van der Waals surface area contributed by atoms with E-state index in [1.165, 1.54) is 48.5 Å². The summed E-state index contributed by atoms with van der Waals surface area (Å²) < 4.78 is 0. The van der Waals surface area contributed by atoms with Crippen LogP contribution in [0, 0.1) is 0 Å². The molecule has 0 saturated carbocycles. The molecule has 4 N–H and O–H groups in total. The second-order valence-electron chi connectivity index (χ2n) is 33.8. The zero-order valence-electron chi connectivity index (χ0n) is 63.7. The van der Waals surface area contributed by atoms with Gasteiger partial charge in [0.15, 0.2) is 0 Å². The summed E-state index contributed by atoms with van der Waals surface area (Å²) >= 11 is 0. The van der Waals surface area contributed by atoms with Gasteiger partial charge in [0.2, 0.25) is 0 Å². The molecule has 550 valence electrons. The van der Waals surface area contributed by atoms with E-state index in [2.05, 4.69) is 164 Å². The fraction of sp³-hybridized carbons (Fsp3) is 0.167. The smallest absolute Gasteiger partial charge is 0.0818 e. The molecule has 0 fully saturated rings. The molecule has 18 rings (SSSR count). The van der Waals surface area contributed by atoms with E-state index in [9.17, 15) is 39.6 Å². The van der Waals surface area contributed by atoms with Gasteiger partial charge in [-0.1, -0.05) is 217 Å². The van der Waals surface area contributed by atoms with E-state index in [-0.39, 0.29) is 43.9 Å². The molecular formula is C96H74N8O8-4. The number of aromatic carboxylic acids is 4. The van der Waals surface area contributed by atoms with Gasteiger partial charge in [-0.25, -0.2) is 19.9 Å². The number of aromatic nitrogens is 8. The van der Waals surface area contributed by atoms with Gasteiger partial charge in [0.05, 0.1) is 79.8 Å². The summed E-state index contributed by atoms with van der Waals surface area (Å²) in [7, 11) is 0. The zero-order valence-corrected chi connectivity index (χ0v) is 63.7. The number of carboxylic acids is 4. The Morgan fingerprint density at radius 1 is 0.268 bits per heavy atom. The van der Waals surface area contributed by atoms with Crippen molar-refractivity contribution in [1.29, 1.82) is 0 Å². The molecule has 0 amide bonds. The summed E-state index contributed by atoms with van der Waals surface area (Å²) in [6, 6.07) is 56.5. The van der Waals surface area contributed by atoms with Crippen LogP contribution in [0.5, 0.6) is 0 Å². The van der Waals surface area contributed by atoms with Crippen LogP contribution in [0.3, 0.4) is 0 Å². The van der Waals surface area contributed by atoms with Gasteiger partial charge >= 0.3 is 0 Å². The lowest BCUT2D eigenvalue weighted by molar-refractivity contribution is -0.256. The van der Waals surface area contributed by atoms with Crippen molar-refractivity contribution < 1.29 is 39.6 Å². The second kappa shape index (κ2) is 25.0. The first-order valence-corrected chi connectivity index (χ1v) is 37.4. The van der Waals surface area contributed by atoms with Crippen LogP contribution in [0.1, 0.15) is 170 Å². The van der Waals surface area contributed by atoms with Crippen molar-refractivity contribution in [3.8, 4) is 66.8 Å². The van der Waals surface area contributed by atoms with Crippen molar-refractivity contribution >= 4 is 147 Å². The molecule has 0 spiro atoms. The molecule has 16 nitrogen and oxygen atoms in total. The van der Waals surface area contributed by atoms with Gasteiger partial charge in [-0.05, 0) is 172 Å². The van der Waals surface area contributed by atoms with Crippen LogP contribution in [-0.4, -0.2) is 63.7 Å². The number of carbonyl (C=O) groups is 4. The molecule has 0 saturated heterocycles. The third-order valence-corrected chi connectivity index (χ3v) is 22.3. The first-order valence-electron chi connectivity index (χ1n) is 37.4.